The lowest BCUT2D eigenvalue weighted by atomic mass is 10.2. The van der Waals surface area contributed by atoms with E-state index in [9.17, 15) is 4.79 Å². The second-order valence-electron chi connectivity index (χ2n) is 5.59. The van der Waals surface area contributed by atoms with E-state index < -0.39 is 0 Å². The maximum absolute atomic E-state index is 12.9. The van der Waals surface area contributed by atoms with Gasteiger partial charge < -0.3 is 5.32 Å². The fourth-order valence-corrected chi connectivity index (χ4v) is 2.57. The maximum Gasteiger partial charge on any atom is 0.263 e. The van der Waals surface area contributed by atoms with Crippen LogP contribution in [-0.4, -0.2) is 9.55 Å². The van der Waals surface area contributed by atoms with E-state index in [1.165, 1.54) is 4.57 Å². The minimum atomic E-state index is -0.151. The highest BCUT2D eigenvalue weighted by Crippen LogP contribution is 2.18. The average Bonchev–Trinajstić information content (AvgIpc) is 2.58. The number of rotatable bonds is 5. The van der Waals surface area contributed by atoms with Gasteiger partial charge in [0.15, 0.2) is 0 Å². The molecule has 1 aromatic heterocycles. The van der Waals surface area contributed by atoms with Crippen molar-refractivity contribution in [3.8, 4) is 0 Å². The number of fused-ring (bicyclic) bond motifs is 1. The van der Waals surface area contributed by atoms with E-state index in [1.54, 1.807) is 12.1 Å². The molecule has 0 saturated carbocycles. The van der Waals surface area contributed by atoms with Crippen LogP contribution >= 0.6 is 0 Å². The topological polar surface area (TPSA) is 85.0 Å². The average molecular weight is 321 g/mol. The monoisotopic (exact) mass is 321 g/mol. The van der Waals surface area contributed by atoms with Crippen LogP contribution in [0.25, 0.3) is 10.9 Å². The number of benzene rings is 2. The Hall–Kier alpha value is -3.12. The van der Waals surface area contributed by atoms with Gasteiger partial charge >= 0.3 is 0 Å². The zero-order valence-electron chi connectivity index (χ0n) is 13.4. The molecule has 0 radical (unpaired) electrons. The van der Waals surface area contributed by atoms with E-state index in [1.807, 2.05) is 43.3 Å². The van der Waals surface area contributed by atoms with Crippen LogP contribution < -0.4 is 22.1 Å². The number of allylic oxidation sites excluding steroid dienone is 1. The predicted octanol–water partition coefficient (Wildman–Crippen LogP) is 2.68. The van der Waals surface area contributed by atoms with Gasteiger partial charge in [-0.05, 0) is 30.7 Å². The SMILES string of the molecule is C=C(C)Nc1ccc2nc(NN)n(Cc3ccccc3)c(=O)c2c1. The molecule has 0 aliphatic rings. The zero-order chi connectivity index (χ0) is 17.1. The lowest BCUT2D eigenvalue weighted by Gasteiger charge is -2.13. The summed E-state index contributed by atoms with van der Waals surface area (Å²) in [4.78, 5) is 17.4. The number of anilines is 2. The Balaban J connectivity index is 2.14. The zero-order valence-corrected chi connectivity index (χ0v) is 13.4. The minimum Gasteiger partial charge on any atom is -0.360 e. The molecule has 1 heterocycles. The maximum atomic E-state index is 12.9. The standard InChI is InChI=1S/C18H19N5O/c1-12(2)20-14-8-9-16-15(10-14)17(24)23(18(21-16)22-19)11-13-6-4-3-5-7-13/h3-10,20H,1,11,19H2,2H3,(H,21,22). The third kappa shape index (κ3) is 3.13. The van der Waals surface area contributed by atoms with Gasteiger partial charge in [0.05, 0.1) is 17.4 Å². The number of aromatic nitrogens is 2. The molecule has 0 fully saturated rings. The van der Waals surface area contributed by atoms with Gasteiger partial charge in [-0.2, -0.15) is 0 Å². The van der Waals surface area contributed by atoms with Gasteiger partial charge in [-0.1, -0.05) is 36.9 Å². The molecule has 2 aromatic carbocycles. The number of nitrogen functional groups attached to an aromatic ring is 1. The van der Waals surface area contributed by atoms with Gasteiger partial charge in [-0.25, -0.2) is 10.8 Å². The number of nitrogens with one attached hydrogen (secondary N) is 2. The fourth-order valence-electron chi connectivity index (χ4n) is 2.57. The Labute approximate surface area is 139 Å². The van der Waals surface area contributed by atoms with Crippen molar-refractivity contribution in [2.24, 2.45) is 5.84 Å². The Morgan fingerprint density at radius 2 is 2.00 bits per heavy atom. The summed E-state index contributed by atoms with van der Waals surface area (Å²) in [5.74, 6) is 5.89. The van der Waals surface area contributed by atoms with Crippen molar-refractivity contribution in [2.75, 3.05) is 10.7 Å². The summed E-state index contributed by atoms with van der Waals surface area (Å²) in [5.41, 5.74) is 5.55. The quantitative estimate of drug-likeness (QED) is 0.497. The highest BCUT2D eigenvalue weighted by molar-refractivity contribution is 5.82. The number of hydrogen-bond acceptors (Lipinski definition) is 5. The third-order valence-electron chi connectivity index (χ3n) is 3.62. The van der Waals surface area contributed by atoms with Gasteiger partial charge in [0.2, 0.25) is 5.95 Å². The van der Waals surface area contributed by atoms with Crippen LogP contribution in [0.5, 0.6) is 0 Å². The van der Waals surface area contributed by atoms with Crippen LogP contribution in [-0.2, 0) is 6.54 Å². The van der Waals surface area contributed by atoms with E-state index in [2.05, 4.69) is 22.3 Å². The molecular formula is C18H19N5O. The number of nitrogens with two attached hydrogens (primary N) is 1. The highest BCUT2D eigenvalue weighted by Gasteiger charge is 2.11. The summed E-state index contributed by atoms with van der Waals surface area (Å²) in [6.45, 7) is 6.06. The van der Waals surface area contributed by atoms with Crippen molar-refractivity contribution >= 4 is 22.5 Å². The molecular weight excluding hydrogens is 302 g/mol. The summed E-state index contributed by atoms with van der Waals surface area (Å²) in [6, 6.07) is 15.1. The summed E-state index contributed by atoms with van der Waals surface area (Å²) in [6.07, 6.45) is 0. The highest BCUT2D eigenvalue weighted by atomic mass is 16.1. The molecule has 24 heavy (non-hydrogen) atoms. The lowest BCUT2D eigenvalue weighted by Crippen LogP contribution is -2.27. The molecule has 3 rings (SSSR count). The molecule has 0 atom stereocenters. The molecule has 0 aliphatic carbocycles. The van der Waals surface area contributed by atoms with Gasteiger partial charge in [-0.3, -0.25) is 14.8 Å². The third-order valence-corrected chi connectivity index (χ3v) is 3.62. The van der Waals surface area contributed by atoms with Crippen LogP contribution in [0.1, 0.15) is 12.5 Å². The summed E-state index contributed by atoms with van der Waals surface area (Å²) >= 11 is 0. The first kappa shape index (κ1) is 15.8. The van der Waals surface area contributed by atoms with Gasteiger partial charge in [0.25, 0.3) is 5.56 Å². The van der Waals surface area contributed by atoms with Crippen molar-refractivity contribution in [1.29, 1.82) is 0 Å². The molecule has 6 nitrogen and oxygen atoms in total. The Bertz CT molecular complexity index is 947. The van der Waals surface area contributed by atoms with Crippen molar-refractivity contribution in [3.63, 3.8) is 0 Å². The van der Waals surface area contributed by atoms with Crippen molar-refractivity contribution in [2.45, 2.75) is 13.5 Å². The number of nitrogens with zero attached hydrogens (tertiary/aromatic N) is 2. The second kappa shape index (κ2) is 6.55. The van der Waals surface area contributed by atoms with Crippen LogP contribution in [0.2, 0.25) is 0 Å². The summed E-state index contributed by atoms with van der Waals surface area (Å²) < 4.78 is 1.53. The Morgan fingerprint density at radius 3 is 2.67 bits per heavy atom. The molecule has 6 heteroatoms. The summed E-state index contributed by atoms with van der Waals surface area (Å²) in [7, 11) is 0. The van der Waals surface area contributed by atoms with Crippen molar-refractivity contribution in [1.82, 2.24) is 9.55 Å². The van der Waals surface area contributed by atoms with Gasteiger partial charge in [-0.15, -0.1) is 0 Å². The van der Waals surface area contributed by atoms with Crippen LogP contribution in [0, 0.1) is 0 Å². The normalized spacial score (nSPS) is 10.6. The molecule has 0 amide bonds. The smallest absolute Gasteiger partial charge is 0.263 e. The Kier molecular flexibility index (Phi) is 4.31. The molecule has 122 valence electrons. The van der Waals surface area contributed by atoms with Crippen molar-refractivity contribution in [3.05, 3.63) is 76.7 Å². The first-order chi connectivity index (χ1) is 11.6. The molecule has 0 saturated heterocycles. The van der Waals surface area contributed by atoms with Crippen LogP contribution in [0.15, 0.2) is 65.6 Å². The second-order valence-corrected chi connectivity index (χ2v) is 5.59. The molecule has 0 aliphatic heterocycles. The van der Waals surface area contributed by atoms with Crippen LogP contribution in [0.3, 0.4) is 0 Å². The van der Waals surface area contributed by atoms with E-state index >= 15 is 0 Å². The number of hydrazine groups is 1. The molecule has 0 bridgehead atoms. The van der Waals surface area contributed by atoms with E-state index in [4.69, 9.17) is 5.84 Å². The molecule has 0 spiro atoms. The molecule has 3 aromatic rings. The molecule has 0 unspecified atom stereocenters. The first-order valence-corrected chi connectivity index (χ1v) is 7.56. The predicted molar refractivity (Wildman–Crippen MR) is 97.8 cm³/mol. The van der Waals surface area contributed by atoms with Gasteiger partial charge in [0.1, 0.15) is 0 Å². The lowest BCUT2D eigenvalue weighted by molar-refractivity contribution is 0.754. The first-order valence-electron chi connectivity index (χ1n) is 7.56. The van der Waals surface area contributed by atoms with E-state index in [0.29, 0.717) is 23.4 Å². The summed E-state index contributed by atoms with van der Waals surface area (Å²) in [5, 5.41) is 3.64. The van der Waals surface area contributed by atoms with Crippen molar-refractivity contribution < 1.29 is 0 Å². The largest absolute Gasteiger partial charge is 0.360 e. The van der Waals surface area contributed by atoms with E-state index in [-0.39, 0.29) is 5.56 Å². The fraction of sp³-hybridized carbons (Fsp3) is 0.111. The van der Waals surface area contributed by atoms with Gasteiger partial charge in [0, 0.05) is 11.4 Å². The minimum absolute atomic E-state index is 0.151. The van der Waals surface area contributed by atoms with Crippen LogP contribution in [0.4, 0.5) is 11.6 Å². The Morgan fingerprint density at radius 1 is 1.25 bits per heavy atom. The number of hydrogen-bond donors (Lipinski definition) is 3. The molecule has 4 N–H and O–H groups in total. The van der Waals surface area contributed by atoms with E-state index in [0.717, 1.165) is 16.9 Å².